The number of aryl methyl sites for hydroxylation is 2. The number of nitrogens with one attached hydrogen (secondary N) is 1. The highest BCUT2D eigenvalue weighted by Crippen LogP contribution is 2.29. The van der Waals surface area contributed by atoms with Crippen molar-refractivity contribution in [3.8, 4) is 5.75 Å². The van der Waals surface area contributed by atoms with E-state index in [1.807, 2.05) is 12.1 Å². The van der Waals surface area contributed by atoms with E-state index in [0.717, 1.165) is 31.4 Å². The molecular formula is C24H20ClN3O3S. The molecule has 0 bridgehead atoms. The molecule has 5 rings (SSSR count). The Labute approximate surface area is 193 Å². The van der Waals surface area contributed by atoms with Crippen LogP contribution in [0.5, 0.6) is 5.75 Å². The number of carbonyl (C=O) groups excluding carboxylic acids is 1. The van der Waals surface area contributed by atoms with Crippen molar-refractivity contribution in [2.75, 3.05) is 5.32 Å². The van der Waals surface area contributed by atoms with Crippen LogP contribution in [0, 0.1) is 0 Å². The number of ether oxygens (including phenoxy) is 1. The minimum Gasteiger partial charge on any atom is -0.485 e. The molecule has 0 saturated carbocycles. The number of amides is 1. The number of halogens is 1. The summed E-state index contributed by atoms with van der Waals surface area (Å²) in [6.45, 7) is 0.118. The molecule has 1 aliphatic rings. The second-order valence-electron chi connectivity index (χ2n) is 7.60. The lowest BCUT2D eigenvalue weighted by Gasteiger charge is -2.13. The van der Waals surface area contributed by atoms with Gasteiger partial charge in [-0.15, -0.1) is 11.3 Å². The van der Waals surface area contributed by atoms with Gasteiger partial charge in [0.25, 0.3) is 11.5 Å². The highest BCUT2D eigenvalue weighted by molar-refractivity contribution is 7.17. The average molecular weight is 466 g/mol. The Morgan fingerprint density at radius 1 is 1.12 bits per heavy atom. The average Bonchev–Trinajstić information content (AvgIpc) is 3.17. The molecule has 2 aromatic heterocycles. The van der Waals surface area contributed by atoms with E-state index in [9.17, 15) is 9.59 Å². The molecule has 4 aromatic rings. The van der Waals surface area contributed by atoms with E-state index in [0.29, 0.717) is 32.7 Å². The van der Waals surface area contributed by atoms with Crippen LogP contribution in [0.2, 0.25) is 5.02 Å². The molecule has 1 N–H and O–H groups in total. The van der Waals surface area contributed by atoms with Gasteiger partial charge in [0, 0.05) is 16.6 Å². The minimum atomic E-state index is -0.325. The third kappa shape index (κ3) is 4.01. The van der Waals surface area contributed by atoms with Crippen LogP contribution in [0.3, 0.4) is 0 Å². The predicted octanol–water partition coefficient (Wildman–Crippen LogP) is 5.12. The van der Waals surface area contributed by atoms with Gasteiger partial charge in [-0.1, -0.05) is 35.9 Å². The van der Waals surface area contributed by atoms with E-state index in [2.05, 4.69) is 10.3 Å². The van der Waals surface area contributed by atoms with E-state index in [-0.39, 0.29) is 18.1 Å². The van der Waals surface area contributed by atoms with Gasteiger partial charge in [-0.3, -0.25) is 14.0 Å². The van der Waals surface area contributed by atoms with Gasteiger partial charge in [0.1, 0.15) is 12.4 Å². The Hall–Kier alpha value is -3.16. The number of fused-ring (bicyclic) bond motifs is 3. The molecule has 0 radical (unpaired) electrons. The zero-order chi connectivity index (χ0) is 22.1. The van der Waals surface area contributed by atoms with Crippen LogP contribution in [-0.2, 0) is 19.4 Å². The quantitative estimate of drug-likeness (QED) is 0.444. The number of hydrogen-bond donors (Lipinski definition) is 1. The van der Waals surface area contributed by atoms with Crippen LogP contribution in [-0.4, -0.2) is 15.3 Å². The van der Waals surface area contributed by atoms with Crippen molar-refractivity contribution < 1.29 is 9.53 Å². The smallest absolute Gasteiger partial charge is 0.259 e. The molecule has 32 heavy (non-hydrogen) atoms. The van der Waals surface area contributed by atoms with Crippen molar-refractivity contribution in [1.29, 1.82) is 0 Å². The van der Waals surface area contributed by atoms with Crippen molar-refractivity contribution in [1.82, 2.24) is 9.38 Å². The summed E-state index contributed by atoms with van der Waals surface area (Å²) in [4.78, 5) is 32.0. The highest BCUT2D eigenvalue weighted by Gasteiger charge is 2.19. The number of rotatable bonds is 5. The summed E-state index contributed by atoms with van der Waals surface area (Å²) >= 11 is 7.72. The summed E-state index contributed by atoms with van der Waals surface area (Å²) in [5, 5.41) is 3.22. The Morgan fingerprint density at radius 2 is 1.91 bits per heavy atom. The molecule has 2 aromatic carbocycles. The summed E-state index contributed by atoms with van der Waals surface area (Å²) in [7, 11) is 0. The molecule has 6 nitrogen and oxygen atoms in total. The van der Waals surface area contributed by atoms with Gasteiger partial charge >= 0.3 is 0 Å². The summed E-state index contributed by atoms with van der Waals surface area (Å²) in [5.41, 5.74) is 2.48. The van der Waals surface area contributed by atoms with Crippen LogP contribution in [0.1, 0.15) is 39.5 Å². The van der Waals surface area contributed by atoms with Gasteiger partial charge < -0.3 is 10.1 Å². The number of benzene rings is 2. The molecule has 0 aliphatic heterocycles. The highest BCUT2D eigenvalue weighted by atomic mass is 35.5. The molecule has 2 heterocycles. The Kier molecular flexibility index (Phi) is 5.68. The Balaban J connectivity index is 1.37. The van der Waals surface area contributed by atoms with Crippen LogP contribution in [0.4, 0.5) is 5.69 Å². The fraction of sp³-hybridized carbons (Fsp3) is 0.208. The Bertz CT molecular complexity index is 1380. The molecule has 1 aliphatic carbocycles. The molecule has 162 valence electrons. The topological polar surface area (TPSA) is 72.7 Å². The van der Waals surface area contributed by atoms with Gasteiger partial charge in [0.2, 0.25) is 0 Å². The molecule has 1 amide bonds. The third-order valence-electron chi connectivity index (χ3n) is 5.44. The lowest BCUT2D eigenvalue weighted by atomic mass is 10.0. The second kappa shape index (κ2) is 8.76. The number of carbonyl (C=O) groups is 1. The molecule has 0 atom stereocenters. The van der Waals surface area contributed by atoms with Crippen LogP contribution in [0.25, 0.3) is 4.96 Å². The Morgan fingerprint density at radius 3 is 2.78 bits per heavy atom. The van der Waals surface area contributed by atoms with Gasteiger partial charge in [-0.25, -0.2) is 4.98 Å². The van der Waals surface area contributed by atoms with Crippen LogP contribution < -0.4 is 15.6 Å². The lowest BCUT2D eigenvalue weighted by molar-refractivity contribution is 0.102. The molecular weight excluding hydrogens is 446 g/mol. The van der Waals surface area contributed by atoms with E-state index in [1.165, 1.54) is 10.9 Å². The maximum absolute atomic E-state index is 12.7. The maximum atomic E-state index is 12.7. The van der Waals surface area contributed by atoms with Crippen molar-refractivity contribution in [3.05, 3.63) is 91.8 Å². The van der Waals surface area contributed by atoms with Gasteiger partial charge in [-0.05, 0) is 49.9 Å². The SMILES string of the molecule is O=C(Nc1ccccc1OCc1cc(=O)n2c3c(sc2n1)CCCC3)c1ccccc1Cl. The minimum absolute atomic E-state index is 0.0756. The largest absolute Gasteiger partial charge is 0.485 e. The summed E-state index contributed by atoms with van der Waals surface area (Å²) in [6.07, 6.45) is 4.19. The van der Waals surface area contributed by atoms with E-state index in [1.54, 1.807) is 52.1 Å². The number of hydrogen-bond acceptors (Lipinski definition) is 5. The summed E-state index contributed by atoms with van der Waals surface area (Å²) in [5.74, 6) is 0.161. The fourth-order valence-electron chi connectivity index (χ4n) is 3.90. The van der Waals surface area contributed by atoms with E-state index < -0.39 is 0 Å². The first-order chi connectivity index (χ1) is 15.6. The number of thiazole rings is 1. The van der Waals surface area contributed by atoms with Crippen molar-refractivity contribution in [2.45, 2.75) is 32.3 Å². The maximum Gasteiger partial charge on any atom is 0.259 e. The van der Waals surface area contributed by atoms with Crippen molar-refractivity contribution in [2.24, 2.45) is 0 Å². The first-order valence-corrected chi connectivity index (χ1v) is 11.6. The lowest BCUT2D eigenvalue weighted by Crippen LogP contribution is -2.18. The molecule has 0 unspecified atom stereocenters. The van der Waals surface area contributed by atoms with Crippen molar-refractivity contribution in [3.63, 3.8) is 0 Å². The van der Waals surface area contributed by atoms with E-state index in [4.69, 9.17) is 16.3 Å². The second-order valence-corrected chi connectivity index (χ2v) is 9.07. The third-order valence-corrected chi connectivity index (χ3v) is 6.92. The number of para-hydroxylation sites is 2. The fourth-order valence-corrected chi connectivity index (χ4v) is 5.35. The standard InChI is InChI=1S/C24H20ClN3O3S/c25-17-8-2-1-7-16(17)23(30)27-18-9-3-5-11-20(18)31-14-15-13-22(29)28-19-10-4-6-12-21(19)32-24(28)26-15/h1-3,5,7-9,11,13H,4,6,10,12,14H2,(H,27,30). The monoisotopic (exact) mass is 465 g/mol. The van der Waals surface area contributed by atoms with Crippen LogP contribution in [0.15, 0.2) is 59.4 Å². The van der Waals surface area contributed by atoms with Crippen LogP contribution >= 0.6 is 22.9 Å². The van der Waals surface area contributed by atoms with Crippen molar-refractivity contribution >= 4 is 39.5 Å². The number of aromatic nitrogens is 2. The normalized spacial score (nSPS) is 13.0. The summed E-state index contributed by atoms with van der Waals surface area (Å²) in [6, 6.07) is 15.5. The van der Waals surface area contributed by atoms with E-state index >= 15 is 0 Å². The van der Waals surface area contributed by atoms with Gasteiger partial charge in [0.05, 0.1) is 22.0 Å². The zero-order valence-electron chi connectivity index (χ0n) is 17.1. The first kappa shape index (κ1) is 20.7. The zero-order valence-corrected chi connectivity index (χ0v) is 18.7. The molecule has 8 heteroatoms. The number of anilines is 1. The van der Waals surface area contributed by atoms with Gasteiger partial charge in [-0.2, -0.15) is 0 Å². The molecule has 0 fully saturated rings. The first-order valence-electron chi connectivity index (χ1n) is 10.4. The molecule has 0 saturated heterocycles. The number of nitrogens with zero attached hydrogens (tertiary/aromatic N) is 2. The molecule has 0 spiro atoms. The summed E-state index contributed by atoms with van der Waals surface area (Å²) < 4.78 is 7.68. The van der Waals surface area contributed by atoms with Gasteiger partial charge in [0.15, 0.2) is 4.96 Å². The predicted molar refractivity (Wildman–Crippen MR) is 126 cm³/mol.